The molecule has 5 heteroatoms. The average Bonchev–Trinajstić information content (AvgIpc) is 2.17. The van der Waals surface area contributed by atoms with Gasteiger partial charge in [0.15, 0.2) is 0 Å². The summed E-state index contributed by atoms with van der Waals surface area (Å²) in [6.45, 7) is 0. The standard InChI is InChI=1S/C7H10ClNO2S/c1-11-7(10)6-3-9-5(2-8)4-12-6/h3,5,9H,2,4H2,1H3. The minimum atomic E-state index is -0.291. The van der Waals surface area contributed by atoms with Crippen LogP contribution in [0.3, 0.4) is 0 Å². The van der Waals surface area contributed by atoms with Crippen LogP contribution in [-0.2, 0) is 9.53 Å². The van der Waals surface area contributed by atoms with Gasteiger partial charge in [-0.15, -0.1) is 23.4 Å². The maximum absolute atomic E-state index is 11.0. The van der Waals surface area contributed by atoms with E-state index in [0.717, 1.165) is 5.75 Å². The van der Waals surface area contributed by atoms with Crippen LogP contribution in [0.15, 0.2) is 11.1 Å². The zero-order valence-electron chi connectivity index (χ0n) is 6.67. The van der Waals surface area contributed by atoms with Crippen molar-refractivity contribution >= 4 is 29.3 Å². The summed E-state index contributed by atoms with van der Waals surface area (Å²) in [5.74, 6) is 1.07. The van der Waals surface area contributed by atoms with Crippen molar-refractivity contribution in [3.8, 4) is 0 Å². The summed E-state index contributed by atoms with van der Waals surface area (Å²) in [6.07, 6.45) is 1.66. The molecule has 0 saturated carbocycles. The molecule has 0 amide bonds. The molecule has 0 aliphatic carbocycles. The topological polar surface area (TPSA) is 38.3 Å². The van der Waals surface area contributed by atoms with E-state index in [-0.39, 0.29) is 12.0 Å². The first-order valence-corrected chi connectivity index (χ1v) is 5.03. The number of rotatable bonds is 2. The molecular formula is C7H10ClNO2S. The second-order valence-corrected chi connectivity index (χ2v) is 3.70. The van der Waals surface area contributed by atoms with Crippen molar-refractivity contribution in [1.29, 1.82) is 0 Å². The summed E-state index contributed by atoms with van der Waals surface area (Å²) in [5.41, 5.74) is 0. The predicted octanol–water partition coefficient (Wildman–Crippen LogP) is 0.945. The highest BCUT2D eigenvalue weighted by Crippen LogP contribution is 2.21. The Bertz CT molecular complexity index is 208. The summed E-state index contributed by atoms with van der Waals surface area (Å²) < 4.78 is 4.56. The van der Waals surface area contributed by atoms with Gasteiger partial charge in [0.25, 0.3) is 0 Å². The van der Waals surface area contributed by atoms with Gasteiger partial charge in [-0.1, -0.05) is 0 Å². The van der Waals surface area contributed by atoms with Crippen molar-refractivity contribution in [2.24, 2.45) is 0 Å². The minimum Gasteiger partial charge on any atom is -0.465 e. The molecule has 12 heavy (non-hydrogen) atoms. The Hall–Kier alpha value is -0.350. The number of nitrogens with one attached hydrogen (secondary N) is 1. The summed E-state index contributed by atoms with van der Waals surface area (Å²) >= 11 is 7.09. The SMILES string of the molecule is COC(=O)C1=CNC(CCl)CS1. The van der Waals surface area contributed by atoms with Gasteiger partial charge in [-0.05, 0) is 0 Å². The molecule has 0 fully saturated rings. The van der Waals surface area contributed by atoms with Crippen LogP contribution in [0.2, 0.25) is 0 Å². The number of esters is 1. The average molecular weight is 208 g/mol. The van der Waals surface area contributed by atoms with E-state index in [4.69, 9.17) is 11.6 Å². The number of alkyl halides is 1. The van der Waals surface area contributed by atoms with Crippen LogP contribution in [-0.4, -0.2) is 30.8 Å². The van der Waals surface area contributed by atoms with E-state index >= 15 is 0 Å². The van der Waals surface area contributed by atoms with Gasteiger partial charge in [0, 0.05) is 23.9 Å². The molecule has 0 spiro atoms. The number of methoxy groups -OCH3 is 1. The largest absolute Gasteiger partial charge is 0.465 e. The van der Waals surface area contributed by atoms with E-state index in [1.54, 1.807) is 6.20 Å². The highest BCUT2D eigenvalue weighted by molar-refractivity contribution is 8.04. The van der Waals surface area contributed by atoms with E-state index in [1.807, 2.05) is 0 Å². The molecule has 1 unspecified atom stereocenters. The van der Waals surface area contributed by atoms with Crippen LogP contribution in [0.1, 0.15) is 0 Å². The van der Waals surface area contributed by atoms with Crippen molar-refractivity contribution in [3.63, 3.8) is 0 Å². The number of hydrogen-bond acceptors (Lipinski definition) is 4. The number of carbonyl (C=O) groups excluding carboxylic acids is 1. The quantitative estimate of drug-likeness (QED) is 0.541. The highest BCUT2D eigenvalue weighted by Gasteiger charge is 2.18. The second kappa shape index (κ2) is 4.62. The van der Waals surface area contributed by atoms with Gasteiger partial charge in [0.1, 0.15) is 4.91 Å². The molecule has 1 atom stereocenters. The molecule has 0 saturated heterocycles. The van der Waals surface area contributed by atoms with Crippen LogP contribution in [0.25, 0.3) is 0 Å². The highest BCUT2D eigenvalue weighted by atomic mass is 35.5. The van der Waals surface area contributed by atoms with Crippen molar-refractivity contribution in [1.82, 2.24) is 5.32 Å². The van der Waals surface area contributed by atoms with Crippen LogP contribution in [0.4, 0.5) is 0 Å². The maximum Gasteiger partial charge on any atom is 0.345 e. The fourth-order valence-corrected chi connectivity index (χ4v) is 2.06. The van der Waals surface area contributed by atoms with E-state index < -0.39 is 0 Å². The number of thioether (sulfide) groups is 1. The molecule has 1 rings (SSSR count). The summed E-state index contributed by atoms with van der Waals surface area (Å²) in [5, 5.41) is 3.02. The predicted molar refractivity (Wildman–Crippen MR) is 50.2 cm³/mol. The molecule has 0 bridgehead atoms. The van der Waals surface area contributed by atoms with Gasteiger partial charge in [0.05, 0.1) is 7.11 Å². The van der Waals surface area contributed by atoms with Crippen LogP contribution >= 0.6 is 23.4 Å². The molecule has 0 aromatic carbocycles. The third kappa shape index (κ3) is 2.32. The first-order valence-electron chi connectivity index (χ1n) is 3.51. The maximum atomic E-state index is 11.0. The Labute approximate surface area is 80.5 Å². The molecular weight excluding hydrogens is 198 g/mol. The van der Waals surface area contributed by atoms with Crippen molar-refractivity contribution in [2.75, 3.05) is 18.7 Å². The van der Waals surface area contributed by atoms with Gasteiger partial charge in [0.2, 0.25) is 0 Å². The monoisotopic (exact) mass is 207 g/mol. The first-order chi connectivity index (χ1) is 5.77. The summed E-state index contributed by atoms with van der Waals surface area (Å²) in [4.78, 5) is 11.6. The Morgan fingerprint density at radius 1 is 2.00 bits per heavy atom. The summed E-state index contributed by atoms with van der Waals surface area (Å²) in [6, 6.07) is 0.255. The molecule has 68 valence electrons. The zero-order valence-corrected chi connectivity index (χ0v) is 8.24. The first kappa shape index (κ1) is 9.74. The molecule has 0 aromatic heterocycles. The van der Waals surface area contributed by atoms with Crippen molar-refractivity contribution in [3.05, 3.63) is 11.1 Å². The number of hydrogen-bond donors (Lipinski definition) is 1. The Kier molecular flexibility index (Phi) is 3.75. The molecule has 3 nitrogen and oxygen atoms in total. The van der Waals surface area contributed by atoms with Crippen molar-refractivity contribution < 1.29 is 9.53 Å². The van der Waals surface area contributed by atoms with Crippen molar-refractivity contribution in [2.45, 2.75) is 6.04 Å². The van der Waals surface area contributed by atoms with Gasteiger partial charge in [-0.3, -0.25) is 0 Å². The van der Waals surface area contributed by atoms with Gasteiger partial charge < -0.3 is 10.1 Å². The molecule has 1 aliphatic heterocycles. The van der Waals surface area contributed by atoms with E-state index in [0.29, 0.717) is 10.8 Å². The number of carbonyl (C=O) groups is 1. The minimum absolute atomic E-state index is 0.255. The Morgan fingerprint density at radius 3 is 3.17 bits per heavy atom. The molecule has 1 heterocycles. The van der Waals surface area contributed by atoms with E-state index in [1.165, 1.54) is 18.9 Å². The second-order valence-electron chi connectivity index (χ2n) is 2.33. The fraction of sp³-hybridized carbons (Fsp3) is 0.571. The molecule has 1 N–H and O–H groups in total. The summed E-state index contributed by atoms with van der Waals surface area (Å²) in [7, 11) is 1.37. The molecule has 0 aromatic rings. The van der Waals surface area contributed by atoms with Crippen LogP contribution < -0.4 is 5.32 Å². The number of halogens is 1. The lowest BCUT2D eigenvalue weighted by Crippen LogP contribution is -2.32. The lowest BCUT2D eigenvalue weighted by atomic mass is 10.4. The normalized spacial score (nSPS) is 22.5. The lowest BCUT2D eigenvalue weighted by Gasteiger charge is -2.19. The third-order valence-corrected chi connectivity index (χ3v) is 3.00. The third-order valence-electron chi connectivity index (χ3n) is 1.46. The van der Waals surface area contributed by atoms with Crippen LogP contribution in [0, 0.1) is 0 Å². The zero-order chi connectivity index (χ0) is 8.97. The fourth-order valence-electron chi connectivity index (χ4n) is 0.781. The van der Waals surface area contributed by atoms with Crippen LogP contribution in [0.5, 0.6) is 0 Å². The molecule has 0 radical (unpaired) electrons. The van der Waals surface area contributed by atoms with E-state index in [9.17, 15) is 4.79 Å². The Balaban J connectivity index is 2.49. The van der Waals surface area contributed by atoms with E-state index in [2.05, 4.69) is 10.1 Å². The van der Waals surface area contributed by atoms with Gasteiger partial charge >= 0.3 is 5.97 Å². The number of ether oxygens (including phenoxy) is 1. The molecule has 1 aliphatic rings. The Morgan fingerprint density at radius 2 is 2.75 bits per heavy atom. The van der Waals surface area contributed by atoms with Gasteiger partial charge in [-0.25, -0.2) is 4.79 Å². The van der Waals surface area contributed by atoms with Gasteiger partial charge in [-0.2, -0.15) is 0 Å². The smallest absolute Gasteiger partial charge is 0.345 e. The lowest BCUT2D eigenvalue weighted by molar-refractivity contribution is -0.135.